The number of H-pyrrole nitrogens is 1. The molecule has 0 fully saturated rings. The van der Waals surface area contributed by atoms with Crippen molar-refractivity contribution in [2.24, 2.45) is 0 Å². The number of carbonyl (C=O) groups excluding carboxylic acids is 1. The van der Waals surface area contributed by atoms with Gasteiger partial charge >= 0.3 is 0 Å². The molecule has 4 rings (SSSR count). The molecule has 1 amide bonds. The number of benzene rings is 1. The van der Waals surface area contributed by atoms with E-state index < -0.39 is 0 Å². The Balaban J connectivity index is 1.65. The zero-order valence-corrected chi connectivity index (χ0v) is 16.1. The topological polar surface area (TPSA) is 96.5 Å². The normalized spacial score (nSPS) is 10.7. The van der Waals surface area contributed by atoms with Gasteiger partial charge in [-0.3, -0.25) is 15.2 Å². The number of pyridine rings is 1. The van der Waals surface area contributed by atoms with E-state index in [2.05, 4.69) is 30.5 Å². The highest BCUT2D eigenvalue weighted by Gasteiger charge is 2.17. The van der Waals surface area contributed by atoms with Crippen molar-refractivity contribution in [3.63, 3.8) is 0 Å². The number of rotatable bonds is 6. The Morgan fingerprint density at radius 1 is 1.07 bits per heavy atom. The van der Waals surface area contributed by atoms with Crippen molar-refractivity contribution in [2.45, 2.75) is 20.0 Å². The molecule has 0 aliphatic heterocycles. The van der Waals surface area contributed by atoms with Crippen LogP contribution in [0.3, 0.4) is 0 Å². The molecule has 2 N–H and O–H groups in total. The van der Waals surface area contributed by atoms with Gasteiger partial charge in [-0.2, -0.15) is 5.10 Å². The van der Waals surface area contributed by atoms with Gasteiger partial charge < -0.3 is 0 Å². The van der Waals surface area contributed by atoms with Crippen LogP contribution in [0, 0.1) is 0 Å². The highest BCUT2D eigenvalue weighted by atomic mass is 32.2. The lowest BCUT2D eigenvalue weighted by Gasteiger charge is -2.09. The minimum atomic E-state index is -0.302. The number of nitrogens with zero attached hydrogens (tertiary/aromatic N) is 4. The summed E-state index contributed by atoms with van der Waals surface area (Å²) in [5.74, 6) is -0.302. The Morgan fingerprint density at radius 3 is 2.70 bits per heavy atom. The maximum absolute atomic E-state index is 12.8. The summed E-state index contributed by atoms with van der Waals surface area (Å²) in [5, 5.41) is 13.0. The fourth-order valence-electron chi connectivity index (χ4n) is 2.13. The molecule has 3 aromatic heterocycles. The molecule has 3 heterocycles. The van der Waals surface area contributed by atoms with Crippen LogP contribution in [0.5, 0.6) is 0 Å². The summed E-state index contributed by atoms with van der Waals surface area (Å²) >= 11 is 4.15. The summed E-state index contributed by atoms with van der Waals surface area (Å²) < 4.78 is 0. The van der Waals surface area contributed by atoms with Gasteiger partial charge in [0.1, 0.15) is 17.0 Å². The van der Waals surface area contributed by atoms with Crippen LogP contribution < -0.4 is 5.32 Å². The molecule has 0 unspecified atom stereocenters. The van der Waals surface area contributed by atoms with Crippen LogP contribution in [0.15, 0.2) is 80.3 Å². The molecule has 0 aliphatic carbocycles. The van der Waals surface area contributed by atoms with Gasteiger partial charge in [-0.25, -0.2) is 15.0 Å². The third-order valence-corrected chi connectivity index (χ3v) is 5.84. The van der Waals surface area contributed by atoms with Crippen molar-refractivity contribution in [1.29, 1.82) is 0 Å². The highest BCUT2D eigenvalue weighted by Crippen LogP contribution is 2.32. The van der Waals surface area contributed by atoms with Crippen LogP contribution in [0.4, 0.5) is 5.13 Å². The van der Waals surface area contributed by atoms with Crippen LogP contribution in [0.25, 0.3) is 0 Å². The van der Waals surface area contributed by atoms with E-state index in [1.165, 1.54) is 41.2 Å². The second kappa shape index (κ2) is 8.33. The van der Waals surface area contributed by atoms with Crippen molar-refractivity contribution >= 4 is 45.9 Å². The van der Waals surface area contributed by atoms with Gasteiger partial charge in [0, 0.05) is 21.4 Å². The molecule has 4 aromatic rings. The summed E-state index contributed by atoms with van der Waals surface area (Å²) in [6, 6.07) is 13.6. The van der Waals surface area contributed by atoms with Gasteiger partial charge in [0.05, 0.1) is 0 Å². The van der Waals surface area contributed by atoms with Crippen LogP contribution in [0.2, 0.25) is 0 Å². The second-order valence-corrected chi connectivity index (χ2v) is 8.11. The highest BCUT2D eigenvalue weighted by molar-refractivity contribution is 7.99. The first kappa shape index (κ1) is 17.7. The van der Waals surface area contributed by atoms with Crippen LogP contribution in [0.1, 0.15) is 10.5 Å². The zero-order valence-electron chi connectivity index (χ0n) is 13.7. The first-order valence-electron chi connectivity index (χ1n) is 7.76. The lowest BCUT2D eigenvalue weighted by Crippen LogP contribution is -2.15. The third-order valence-electron chi connectivity index (χ3n) is 3.27. The fourth-order valence-corrected chi connectivity index (χ4v) is 4.24. The number of amides is 1. The maximum Gasteiger partial charge on any atom is 0.277 e. The van der Waals surface area contributed by atoms with Gasteiger partial charge in [0.15, 0.2) is 10.3 Å². The number of hydrogen-bond donors (Lipinski definition) is 2. The van der Waals surface area contributed by atoms with Crippen LogP contribution >= 0.6 is 34.9 Å². The summed E-state index contributed by atoms with van der Waals surface area (Å²) in [5.41, 5.74) is 0.337. The molecule has 10 heteroatoms. The summed E-state index contributed by atoms with van der Waals surface area (Å²) in [7, 11) is 0. The molecule has 0 radical (unpaired) electrons. The van der Waals surface area contributed by atoms with E-state index in [9.17, 15) is 4.79 Å². The van der Waals surface area contributed by atoms with E-state index in [-0.39, 0.29) is 5.91 Å². The molecule has 0 aliphatic rings. The predicted octanol–water partition coefficient (Wildman–Crippen LogP) is 4.21. The Hall–Kier alpha value is -2.69. The molecule has 7 nitrogen and oxygen atoms in total. The van der Waals surface area contributed by atoms with Crippen molar-refractivity contribution < 1.29 is 4.79 Å². The lowest BCUT2D eigenvalue weighted by molar-refractivity contribution is 0.101. The van der Waals surface area contributed by atoms with E-state index in [1.807, 2.05) is 42.5 Å². The maximum atomic E-state index is 12.8. The van der Waals surface area contributed by atoms with Gasteiger partial charge in [-0.15, -0.1) is 11.3 Å². The van der Waals surface area contributed by atoms with E-state index in [0.29, 0.717) is 21.0 Å². The first-order valence-corrected chi connectivity index (χ1v) is 10.3. The Kier molecular flexibility index (Phi) is 5.47. The summed E-state index contributed by atoms with van der Waals surface area (Å²) in [6.07, 6.45) is 3.07. The SMILES string of the molecule is O=C(Nc1nccs1)c1nc(Sc2ncn[nH]2)ccc1Sc1ccccc1. The van der Waals surface area contributed by atoms with Gasteiger partial charge in [0.25, 0.3) is 5.91 Å². The fraction of sp³-hybridized carbons (Fsp3) is 0. The Bertz CT molecular complexity index is 1020. The average molecular weight is 413 g/mol. The standard InChI is InChI=1S/C17H12N6OS3/c24-15(22-16-18-8-9-25-16)14-12(26-11-4-2-1-3-5-11)6-7-13(21-14)27-17-19-10-20-23-17/h1-10H,(H,18,22,24)(H,19,20,23). The number of hydrogen-bond acceptors (Lipinski definition) is 8. The predicted molar refractivity (Wildman–Crippen MR) is 105 cm³/mol. The third kappa shape index (κ3) is 4.54. The number of aromatic nitrogens is 5. The number of anilines is 1. The van der Waals surface area contributed by atoms with Crippen molar-refractivity contribution in [3.8, 4) is 0 Å². The molecule has 0 saturated heterocycles. The van der Waals surface area contributed by atoms with E-state index in [4.69, 9.17) is 0 Å². The number of carbonyl (C=O) groups is 1. The van der Waals surface area contributed by atoms with E-state index >= 15 is 0 Å². The Morgan fingerprint density at radius 2 is 1.96 bits per heavy atom. The van der Waals surface area contributed by atoms with Crippen LogP contribution in [-0.4, -0.2) is 31.1 Å². The smallest absolute Gasteiger partial charge is 0.277 e. The number of nitrogens with one attached hydrogen (secondary N) is 2. The summed E-state index contributed by atoms with van der Waals surface area (Å²) in [6.45, 7) is 0. The largest absolute Gasteiger partial charge is 0.296 e. The summed E-state index contributed by atoms with van der Waals surface area (Å²) in [4.78, 5) is 27.3. The molecule has 1 aromatic carbocycles. The number of thiazole rings is 1. The minimum absolute atomic E-state index is 0.302. The monoisotopic (exact) mass is 412 g/mol. The molecule has 134 valence electrons. The molecule has 0 saturated carbocycles. The molecule has 0 spiro atoms. The lowest BCUT2D eigenvalue weighted by atomic mass is 10.3. The van der Waals surface area contributed by atoms with E-state index in [0.717, 1.165) is 9.79 Å². The van der Waals surface area contributed by atoms with Gasteiger partial charge in [-0.05, 0) is 36.0 Å². The molecular formula is C17H12N6OS3. The van der Waals surface area contributed by atoms with Crippen molar-refractivity contribution in [3.05, 3.63) is 66.1 Å². The number of aromatic amines is 1. The average Bonchev–Trinajstić information content (AvgIpc) is 3.38. The molecule has 27 heavy (non-hydrogen) atoms. The minimum Gasteiger partial charge on any atom is -0.296 e. The van der Waals surface area contributed by atoms with Crippen molar-refractivity contribution in [1.82, 2.24) is 25.1 Å². The zero-order chi connectivity index (χ0) is 18.5. The van der Waals surface area contributed by atoms with Gasteiger partial charge in [-0.1, -0.05) is 30.0 Å². The second-order valence-electron chi connectivity index (χ2n) is 5.10. The molecular weight excluding hydrogens is 400 g/mol. The quantitative estimate of drug-likeness (QED) is 0.490. The van der Waals surface area contributed by atoms with Crippen molar-refractivity contribution in [2.75, 3.05) is 5.32 Å². The van der Waals surface area contributed by atoms with Crippen LogP contribution in [-0.2, 0) is 0 Å². The Labute approximate surface area is 167 Å². The molecule has 0 atom stereocenters. The van der Waals surface area contributed by atoms with E-state index in [1.54, 1.807) is 11.6 Å². The first-order chi connectivity index (χ1) is 13.3. The van der Waals surface area contributed by atoms with Gasteiger partial charge in [0.2, 0.25) is 0 Å². The molecule has 0 bridgehead atoms.